The number of carbonyl (C=O) groups is 2. The first-order valence-electron chi connectivity index (χ1n) is 10.9. The summed E-state index contributed by atoms with van der Waals surface area (Å²) >= 11 is 0. The summed E-state index contributed by atoms with van der Waals surface area (Å²) in [5.41, 5.74) is 2.64. The molecule has 6 heteroatoms. The van der Waals surface area contributed by atoms with Crippen molar-refractivity contribution in [3.63, 3.8) is 0 Å². The quantitative estimate of drug-likeness (QED) is 0.743. The monoisotopic (exact) mass is 422 g/mol. The number of ether oxygens (including phenoxy) is 2. The summed E-state index contributed by atoms with van der Waals surface area (Å²) in [6.45, 7) is 3.55. The second-order valence-corrected chi connectivity index (χ2v) is 8.56. The lowest BCUT2D eigenvalue weighted by Crippen LogP contribution is -2.36. The van der Waals surface area contributed by atoms with Crippen molar-refractivity contribution in [1.82, 2.24) is 10.2 Å². The van der Waals surface area contributed by atoms with Gasteiger partial charge in [0, 0.05) is 36.7 Å². The van der Waals surface area contributed by atoms with Gasteiger partial charge in [-0.3, -0.25) is 9.59 Å². The molecule has 0 unspecified atom stereocenters. The van der Waals surface area contributed by atoms with Crippen LogP contribution in [-0.2, 0) is 4.79 Å². The smallest absolute Gasteiger partial charge is 0.253 e. The Bertz CT molecular complexity index is 952. The van der Waals surface area contributed by atoms with Gasteiger partial charge < -0.3 is 19.7 Å². The van der Waals surface area contributed by atoms with Gasteiger partial charge in [-0.25, -0.2) is 0 Å². The third-order valence-corrected chi connectivity index (χ3v) is 6.34. The van der Waals surface area contributed by atoms with Crippen LogP contribution in [0.4, 0.5) is 0 Å². The molecule has 6 nitrogen and oxygen atoms in total. The highest BCUT2D eigenvalue weighted by molar-refractivity contribution is 5.95. The average molecular weight is 423 g/mol. The van der Waals surface area contributed by atoms with E-state index >= 15 is 0 Å². The lowest BCUT2D eigenvalue weighted by atomic mass is 9.87. The number of nitrogens with zero attached hydrogens (tertiary/aromatic N) is 1. The van der Waals surface area contributed by atoms with Gasteiger partial charge in [0.05, 0.1) is 20.1 Å². The lowest BCUT2D eigenvalue weighted by Gasteiger charge is -2.21. The van der Waals surface area contributed by atoms with E-state index in [1.54, 1.807) is 19.1 Å². The van der Waals surface area contributed by atoms with Gasteiger partial charge in [-0.15, -0.1) is 0 Å². The van der Waals surface area contributed by atoms with Gasteiger partial charge in [0.15, 0.2) is 11.5 Å². The molecule has 1 N–H and O–H groups in total. The van der Waals surface area contributed by atoms with Gasteiger partial charge in [-0.1, -0.05) is 29.8 Å². The number of para-hydroxylation sites is 1. The Kier molecular flexibility index (Phi) is 6.16. The molecule has 0 radical (unpaired) electrons. The fourth-order valence-electron chi connectivity index (χ4n) is 4.33. The van der Waals surface area contributed by atoms with Crippen LogP contribution in [-0.4, -0.2) is 50.6 Å². The van der Waals surface area contributed by atoms with E-state index in [0.29, 0.717) is 42.6 Å². The zero-order chi connectivity index (χ0) is 22.0. The Balaban J connectivity index is 1.62. The Morgan fingerprint density at radius 2 is 1.77 bits per heavy atom. The second kappa shape index (κ2) is 9.00. The van der Waals surface area contributed by atoms with E-state index in [4.69, 9.17) is 9.47 Å². The van der Waals surface area contributed by atoms with Gasteiger partial charge in [0.1, 0.15) is 0 Å². The summed E-state index contributed by atoms with van der Waals surface area (Å²) in [5, 5.41) is 3.11. The van der Waals surface area contributed by atoms with Crippen molar-refractivity contribution in [2.45, 2.75) is 25.7 Å². The Morgan fingerprint density at radius 3 is 2.42 bits per heavy atom. The van der Waals surface area contributed by atoms with Crippen LogP contribution < -0.4 is 14.8 Å². The predicted molar refractivity (Wildman–Crippen MR) is 119 cm³/mol. The van der Waals surface area contributed by atoms with Crippen molar-refractivity contribution in [1.29, 1.82) is 0 Å². The molecule has 0 bridgehead atoms. The summed E-state index contributed by atoms with van der Waals surface area (Å²) in [4.78, 5) is 28.1. The maximum atomic E-state index is 13.2. The number of carbonyl (C=O) groups excluding carboxylic acids is 2. The van der Waals surface area contributed by atoms with Crippen LogP contribution in [0.1, 0.15) is 40.2 Å². The Labute approximate surface area is 183 Å². The minimum absolute atomic E-state index is 0.000907. The largest absolute Gasteiger partial charge is 0.493 e. The van der Waals surface area contributed by atoms with Crippen molar-refractivity contribution >= 4 is 11.8 Å². The number of rotatable bonds is 7. The fourth-order valence-corrected chi connectivity index (χ4v) is 4.33. The van der Waals surface area contributed by atoms with Crippen molar-refractivity contribution in [2.75, 3.05) is 33.9 Å². The molecule has 2 aromatic carbocycles. The number of amides is 2. The first kappa shape index (κ1) is 21.2. The summed E-state index contributed by atoms with van der Waals surface area (Å²) < 4.78 is 11.1. The molecule has 164 valence electrons. The van der Waals surface area contributed by atoms with Crippen molar-refractivity contribution in [2.24, 2.45) is 11.8 Å². The Morgan fingerprint density at radius 1 is 1.03 bits per heavy atom. The SMILES string of the molecule is COc1cccc([C@H]2CN(C(=O)c3ccc(C)cc3)C[C@@H]2C(=O)NCC2CC2)c1OC. The van der Waals surface area contributed by atoms with Gasteiger partial charge in [-0.05, 0) is 43.9 Å². The number of likely N-dealkylation sites (tertiary alicyclic amines) is 1. The van der Waals surface area contributed by atoms with Gasteiger partial charge in [0.2, 0.25) is 5.91 Å². The molecular formula is C25H30N2O4. The van der Waals surface area contributed by atoms with E-state index in [-0.39, 0.29) is 23.7 Å². The predicted octanol–water partition coefficient (Wildman–Crippen LogP) is 3.39. The topological polar surface area (TPSA) is 67.9 Å². The molecule has 31 heavy (non-hydrogen) atoms. The molecule has 1 saturated carbocycles. The number of benzene rings is 2. The highest BCUT2D eigenvalue weighted by Gasteiger charge is 2.42. The summed E-state index contributed by atoms with van der Waals surface area (Å²) in [7, 11) is 3.21. The maximum Gasteiger partial charge on any atom is 0.253 e. The summed E-state index contributed by atoms with van der Waals surface area (Å²) in [6.07, 6.45) is 2.35. The van der Waals surface area contributed by atoms with Crippen LogP contribution in [0.15, 0.2) is 42.5 Å². The molecule has 4 rings (SSSR count). The molecule has 1 aliphatic heterocycles. The number of hydrogen-bond acceptors (Lipinski definition) is 4. The standard InChI is InChI=1S/C25H30N2O4/c1-16-7-11-18(12-8-16)25(29)27-14-20(19-5-4-6-22(30-2)23(19)31-3)21(15-27)24(28)26-13-17-9-10-17/h4-8,11-12,17,20-21H,9-10,13-15H2,1-3H3,(H,26,28)/t20-,21+/m1/s1. The molecule has 2 aliphatic rings. The molecule has 0 aromatic heterocycles. The number of aryl methyl sites for hydroxylation is 1. The number of nitrogens with one attached hydrogen (secondary N) is 1. The first-order valence-corrected chi connectivity index (χ1v) is 10.9. The third kappa shape index (κ3) is 4.53. The molecule has 2 fully saturated rings. The minimum Gasteiger partial charge on any atom is -0.493 e. The van der Waals surface area contributed by atoms with E-state index in [2.05, 4.69) is 5.32 Å². The first-order chi connectivity index (χ1) is 15.0. The molecule has 1 heterocycles. The average Bonchev–Trinajstić information content (AvgIpc) is 3.52. The van der Waals surface area contributed by atoms with E-state index in [1.165, 1.54) is 12.8 Å². The number of hydrogen-bond donors (Lipinski definition) is 1. The zero-order valence-electron chi connectivity index (χ0n) is 18.4. The summed E-state index contributed by atoms with van der Waals surface area (Å²) in [6, 6.07) is 13.3. The zero-order valence-corrected chi connectivity index (χ0v) is 18.4. The second-order valence-electron chi connectivity index (χ2n) is 8.56. The van der Waals surface area contributed by atoms with E-state index in [0.717, 1.165) is 11.1 Å². The molecule has 2 atom stereocenters. The maximum absolute atomic E-state index is 13.2. The van der Waals surface area contributed by atoms with Crippen LogP contribution in [0.3, 0.4) is 0 Å². The highest BCUT2D eigenvalue weighted by Crippen LogP contribution is 2.42. The van der Waals surface area contributed by atoms with E-state index in [9.17, 15) is 9.59 Å². The third-order valence-electron chi connectivity index (χ3n) is 6.34. The highest BCUT2D eigenvalue weighted by atomic mass is 16.5. The minimum atomic E-state index is -0.339. The lowest BCUT2D eigenvalue weighted by molar-refractivity contribution is -0.125. The molecule has 2 aromatic rings. The van der Waals surface area contributed by atoms with Crippen LogP contribution in [0.2, 0.25) is 0 Å². The molecule has 1 saturated heterocycles. The molecule has 1 aliphatic carbocycles. The van der Waals surface area contributed by atoms with Crippen LogP contribution >= 0.6 is 0 Å². The van der Waals surface area contributed by atoms with Crippen molar-refractivity contribution in [3.05, 3.63) is 59.2 Å². The molecular weight excluding hydrogens is 392 g/mol. The molecule has 0 spiro atoms. The van der Waals surface area contributed by atoms with Crippen LogP contribution in [0, 0.1) is 18.8 Å². The Hall–Kier alpha value is -3.02. The fraction of sp³-hybridized carbons (Fsp3) is 0.440. The van der Waals surface area contributed by atoms with E-state index in [1.807, 2.05) is 49.4 Å². The van der Waals surface area contributed by atoms with Gasteiger partial charge in [0.25, 0.3) is 5.91 Å². The van der Waals surface area contributed by atoms with E-state index < -0.39 is 0 Å². The molecule has 2 amide bonds. The van der Waals surface area contributed by atoms with Crippen LogP contribution in [0.5, 0.6) is 11.5 Å². The van der Waals surface area contributed by atoms with Crippen LogP contribution in [0.25, 0.3) is 0 Å². The summed E-state index contributed by atoms with van der Waals surface area (Å²) in [5.74, 6) is 1.29. The normalized spacial score (nSPS) is 20.4. The van der Waals surface area contributed by atoms with Gasteiger partial charge >= 0.3 is 0 Å². The van der Waals surface area contributed by atoms with Gasteiger partial charge in [-0.2, -0.15) is 0 Å². The van der Waals surface area contributed by atoms with Crippen molar-refractivity contribution in [3.8, 4) is 11.5 Å². The van der Waals surface area contributed by atoms with Crippen molar-refractivity contribution < 1.29 is 19.1 Å². The number of methoxy groups -OCH3 is 2.